The van der Waals surface area contributed by atoms with Crippen molar-refractivity contribution < 1.29 is 9.53 Å². The molecule has 112 valence electrons. The van der Waals surface area contributed by atoms with Crippen molar-refractivity contribution in [1.29, 1.82) is 0 Å². The Bertz CT molecular complexity index is 601. The number of methoxy groups -OCH3 is 1. The number of benzene rings is 1. The number of nitrogens with one attached hydrogen (secondary N) is 1. The summed E-state index contributed by atoms with van der Waals surface area (Å²) in [6.07, 6.45) is 1.95. The first-order valence-electron chi connectivity index (χ1n) is 6.11. The maximum atomic E-state index is 12.1. The second kappa shape index (κ2) is 7.67. The molecule has 21 heavy (non-hydrogen) atoms. The van der Waals surface area contributed by atoms with E-state index >= 15 is 0 Å². The molecule has 2 rings (SSSR count). The minimum atomic E-state index is -0.241. The third-order valence-corrected chi connectivity index (χ3v) is 5.65. The Morgan fingerprint density at radius 2 is 1.95 bits per heavy atom. The van der Waals surface area contributed by atoms with Gasteiger partial charge in [-0.2, -0.15) is 0 Å². The molecule has 8 heteroatoms. The highest BCUT2D eigenvalue weighted by Gasteiger charge is 2.17. The minimum absolute atomic E-state index is 0.0638. The molecule has 0 aliphatic carbocycles. The average molecular weight is 341 g/mol. The Kier molecular flexibility index (Phi) is 5.89. The number of amides is 1. The topological polar surface area (TPSA) is 64.1 Å². The summed E-state index contributed by atoms with van der Waals surface area (Å²) in [5.41, 5.74) is 0.746. The fraction of sp³-hybridized carbons (Fsp3) is 0.308. The summed E-state index contributed by atoms with van der Waals surface area (Å²) in [6, 6.07) is 7.24. The van der Waals surface area contributed by atoms with Crippen molar-refractivity contribution in [3.63, 3.8) is 0 Å². The van der Waals surface area contributed by atoms with E-state index in [-0.39, 0.29) is 11.2 Å². The highest BCUT2D eigenvalue weighted by Crippen LogP contribution is 2.30. The zero-order valence-corrected chi connectivity index (χ0v) is 14.3. The molecule has 0 unspecified atom stereocenters. The molecule has 0 spiro atoms. The predicted molar refractivity (Wildman–Crippen MR) is 88.6 cm³/mol. The van der Waals surface area contributed by atoms with Crippen LogP contribution in [0.5, 0.6) is 5.75 Å². The van der Waals surface area contributed by atoms with Gasteiger partial charge < -0.3 is 10.1 Å². The third kappa shape index (κ3) is 4.62. The number of carbonyl (C=O) groups excluding carboxylic acids is 1. The zero-order valence-electron chi connectivity index (χ0n) is 11.8. The molecule has 1 aromatic heterocycles. The van der Waals surface area contributed by atoms with Gasteiger partial charge in [0.2, 0.25) is 5.91 Å². The van der Waals surface area contributed by atoms with Crippen LogP contribution in [0, 0.1) is 0 Å². The van der Waals surface area contributed by atoms with Gasteiger partial charge >= 0.3 is 0 Å². The normalized spacial score (nSPS) is 12.0. The van der Waals surface area contributed by atoms with Gasteiger partial charge in [-0.3, -0.25) is 4.79 Å². The zero-order chi connectivity index (χ0) is 15.2. The van der Waals surface area contributed by atoms with Gasteiger partial charge in [0.15, 0.2) is 8.68 Å². The molecule has 0 saturated heterocycles. The third-order valence-electron chi connectivity index (χ3n) is 2.57. The molecule has 1 heterocycles. The van der Waals surface area contributed by atoms with Gasteiger partial charge in [-0.1, -0.05) is 34.9 Å². The standard InChI is InChI=1S/C13H15N3O2S3/c1-8(20-13-16-15-12(19-3)21-13)11(17)14-9-4-6-10(18-2)7-5-9/h4-8H,1-3H3,(H,14,17)/t8-/m0/s1. The first-order valence-corrected chi connectivity index (χ1v) is 9.03. The molecule has 0 saturated carbocycles. The largest absolute Gasteiger partial charge is 0.497 e. The van der Waals surface area contributed by atoms with Crippen molar-refractivity contribution in [1.82, 2.24) is 10.2 Å². The van der Waals surface area contributed by atoms with Gasteiger partial charge in [0.05, 0.1) is 12.4 Å². The van der Waals surface area contributed by atoms with Gasteiger partial charge in [0.25, 0.3) is 0 Å². The number of hydrogen-bond acceptors (Lipinski definition) is 7. The SMILES string of the molecule is COc1ccc(NC(=O)[C@H](C)Sc2nnc(SC)s2)cc1. The number of ether oxygens (including phenoxy) is 1. The Morgan fingerprint density at radius 3 is 2.52 bits per heavy atom. The second-order valence-corrected chi connectivity index (χ2v) is 7.63. The predicted octanol–water partition coefficient (Wildman–Crippen LogP) is 3.39. The fourth-order valence-corrected chi connectivity index (χ4v) is 4.03. The fourth-order valence-electron chi connectivity index (χ4n) is 1.45. The summed E-state index contributed by atoms with van der Waals surface area (Å²) in [5, 5.41) is 10.7. The quantitative estimate of drug-likeness (QED) is 0.813. The molecule has 5 nitrogen and oxygen atoms in total. The van der Waals surface area contributed by atoms with E-state index in [2.05, 4.69) is 15.5 Å². The molecule has 0 aliphatic rings. The summed E-state index contributed by atoms with van der Waals surface area (Å²) < 4.78 is 6.79. The van der Waals surface area contributed by atoms with E-state index in [1.807, 2.05) is 37.4 Å². The van der Waals surface area contributed by atoms with E-state index in [0.29, 0.717) is 0 Å². The first-order chi connectivity index (χ1) is 10.1. The van der Waals surface area contributed by atoms with E-state index < -0.39 is 0 Å². The molecule has 2 aromatic rings. The van der Waals surface area contributed by atoms with Crippen LogP contribution in [0.2, 0.25) is 0 Å². The lowest BCUT2D eigenvalue weighted by molar-refractivity contribution is -0.115. The molecular formula is C13H15N3O2S3. The Balaban J connectivity index is 1.92. The van der Waals surface area contributed by atoms with Crippen molar-refractivity contribution in [2.24, 2.45) is 0 Å². The van der Waals surface area contributed by atoms with Crippen LogP contribution in [0.3, 0.4) is 0 Å². The van der Waals surface area contributed by atoms with E-state index in [4.69, 9.17) is 4.74 Å². The lowest BCUT2D eigenvalue weighted by Crippen LogP contribution is -2.22. The van der Waals surface area contributed by atoms with E-state index in [0.717, 1.165) is 20.1 Å². The van der Waals surface area contributed by atoms with Gasteiger partial charge in [-0.05, 0) is 37.4 Å². The number of aromatic nitrogens is 2. The van der Waals surface area contributed by atoms with Crippen molar-refractivity contribution in [3.05, 3.63) is 24.3 Å². The Labute approximate surface area is 135 Å². The molecule has 0 aliphatic heterocycles. The van der Waals surface area contributed by atoms with Crippen molar-refractivity contribution in [2.75, 3.05) is 18.7 Å². The lowest BCUT2D eigenvalue weighted by Gasteiger charge is -2.10. The van der Waals surface area contributed by atoms with Crippen LogP contribution < -0.4 is 10.1 Å². The van der Waals surface area contributed by atoms with Crippen molar-refractivity contribution in [3.8, 4) is 5.75 Å². The maximum absolute atomic E-state index is 12.1. The summed E-state index contributed by atoms with van der Waals surface area (Å²) >= 11 is 4.46. The summed E-state index contributed by atoms with van der Waals surface area (Å²) in [7, 11) is 1.61. The Morgan fingerprint density at radius 1 is 1.29 bits per heavy atom. The van der Waals surface area contributed by atoms with Gasteiger partial charge in [0, 0.05) is 5.69 Å². The maximum Gasteiger partial charge on any atom is 0.237 e. The highest BCUT2D eigenvalue weighted by molar-refractivity contribution is 8.03. The van der Waals surface area contributed by atoms with E-state index in [1.165, 1.54) is 23.1 Å². The van der Waals surface area contributed by atoms with Crippen LogP contribution in [0.1, 0.15) is 6.92 Å². The van der Waals surface area contributed by atoms with Gasteiger partial charge in [0.1, 0.15) is 5.75 Å². The highest BCUT2D eigenvalue weighted by atomic mass is 32.2. The lowest BCUT2D eigenvalue weighted by atomic mass is 10.3. The summed E-state index contributed by atoms with van der Waals surface area (Å²) in [5.74, 6) is 0.694. The van der Waals surface area contributed by atoms with Crippen molar-refractivity contribution in [2.45, 2.75) is 20.9 Å². The molecule has 1 atom stereocenters. The molecule has 1 aromatic carbocycles. The molecule has 0 radical (unpaired) electrons. The number of anilines is 1. The van der Waals surface area contributed by atoms with Crippen molar-refractivity contribution >= 4 is 46.5 Å². The number of carbonyl (C=O) groups is 1. The van der Waals surface area contributed by atoms with Crippen LogP contribution in [0.25, 0.3) is 0 Å². The average Bonchev–Trinajstić information content (AvgIpc) is 2.95. The Hall–Kier alpha value is -1.25. The first kappa shape index (κ1) is 16.1. The molecule has 0 fully saturated rings. The van der Waals surface area contributed by atoms with Crippen LogP contribution in [0.15, 0.2) is 32.9 Å². The number of hydrogen-bond donors (Lipinski definition) is 1. The van der Waals surface area contributed by atoms with Crippen LogP contribution in [0.4, 0.5) is 5.69 Å². The minimum Gasteiger partial charge on any atom is -0.497 e. The number of thioether (sulfide) groups is 2. The summed E-state index contributed by atoms with van der Waals surface area (Å²) in [4.78, 5) is 12.1. The molecule has 1 N–H and O–H groups in total. The van der Waals surface area contributed by atoms with Crippen LogP contribution in [-0.4, -0.2) is 34.7 Å². The van der Waals surface area contributed by atoms with Crippen LogP contribution in [-0.2, 0) is 4.79 Å². The summed E-state index contributed by atoms with van der Waals surface area (Å²) in [6.45, 7) is 1.85. The number of nitrogens with zero attached hydrogens (tertiary/aromatic N) is 2. The van der Waals surface area contributed by atoms with Crippen LogP contribution >= 0.6 is 34.9 Å². The number of rotatable bonds is 6. The van der Waals surface area contributed by atoms with Gasteiger partial charge in [-0.25, -0.2) is 0 Å². The molecule has 1 amide bonds. The van der Waals surface area contributed by atoms with E-state index in [9.17, 15) is 4.79 Å². The second-order valence-electron chi connectivity index (χ2n) is 4.02. The monoisotopic (exact) mass is 341 g/mol. The smallest absolute Gasteiger partial charge is 0.237 e. The molecule has 0 bridgehead atoms. The van der Waals surface area contributed by atoms with Gasteiger partial charge in [-0.15, -0.1) is 10.2 Å². The van der Waals surface area contributed by atoms with E-state index in [1.54, 1.807) is 18.9 Å². The molecular weight excluding hydrogens is 326 g/mol.